The predicted molar refractivity (Wildman–Crippen MR) is 60.4 cm³/mol. The maximum Gasteiger partial charge on any atom is 0.0648 e. The zero-order chi connectivity index (χ0) is 10.8. The van der Waals surface area contributed by atoms with Crippen molar-refractivity contribution in [3.8, 4) is 0 Å². The highest BCUT2D eigenvalue weighted by atomic mass is 15.1. The van der Waals surface area contributed by atoms with Gasteiger partial charge in [0.05, 0.1) is 11.4 Å². The van der Waals surface area contributed by atoms with Crippen molar-refractivity contribution in [3.63, 3.8) is 0 Å². The van der Waals surface area contributed by atoms with Gasteiger partial charge in [0, 0.05) is 6.04 Å². The fourth-order valence-electron chi connectivity index (χ4n) is 1.92. The third-order valence-electron chi connectivity index (χ3n) is 3.12. The van der Waals surface area contributed by atoms with Gasteiger partial charge in [-0.05, 0) is 44.2 Å². The van der Waals surface area contributed by atoms with E-state index < -0.39 is 0 Å². The van der Waals surface area contributed by atoms with Crippen molar-refractivity contribution in [3.05, 3.63) is 23.0 Å². The first-order valence-electron chi connectivity index (χ1n) is 5.73. The standard InChI is InChI=1S/C12H19N3/c1-8-7-11(9(2)15-14-8)12(13)6-5-10-3-4-10/h7,10,12H,3-6,13H2,1-2H3. The van der Waals surface area contributed by atoms with Gasteiger partial charge in [-0.2, -0.15) is 10.2 Å². The molecule has 1 unspecified atom stereocenters. The van der Waals surface area contributed by atoms with Gasteiger partial charge in [-0.25, -0.2) is 0 Å². The molecule has 1 saturated carbocycles. The Kier molecular flexibility index (Phi) is 3.00. The Morgan fingerprint density at radius 2 is 2.13 bits per heavy atom. The highest BCUT2D eigenvalue weighted by molar-refractivity contribution is 5.23. The lowest BCUT2D eigenvalue weighted by Gasteiger charge is -2.13. The second-order valence-corrected chi connectivity index (χ2v) is 4.65. The second kappa shape index (κ2) is 4.27. The number of nitrogens with two attached hydrogens (primary N) is 1. The van der Waals surface area contributed by atoms with Gasteiger partial charge in [-0.3, -0.25) is 0 Å². The molecule has 1 atom stereocenters. The fourth-order valence-corrected chi connectivity index (χ4v) is 1.92. The van der Waals surface area contributed by atoms with E-state index in [-0.39, 0.29) is 6.04 Å². The van der Waals surface area contributed by atoms with Gasteiger partial charge in [-0.1, -0.05) is 12.8 Å². The molecule has 0 spiro atoms. The molecular weight excluding hydrogens is 186 g/mol. The smallest absolute Gasteiger partial charge is 0.0648 e. The normalized spacial score (nSPS) is 17.8. The topological polar surface area (TPSA) is 51.8 Å². The maximum absolute atomic E-state index is 6.17. The van der Waals surface area contributed by atoms with Crippen LogP contribution in [-0.2, 0) is 0 Å². The molecule has 0 aliphatic heterocycles. The van der Waals surface area contributed by atoms with E-state index in [4.69, 9.17) is 5.73 Å². The first-order chi connectivity index (χ1) is 7.16. The molecule has 1 fully saturated rings. The quantitative estimate of drug-likeness (QED) is 0.820. The van der Waals surface area contributed by atoms with Gasteiger partial charge in [0.15, 0.2) is 0 Å². The highest BCUT2D eigenvalue weighted by Crippen LogP contribution is 2.35. The largest absolute Gasteiger partial charge is 0.324 e. The van der Waals surface area contributed by atoms with Crippen molar-refractivity contribution >= 4 is 0 Å². The van der Waals surface area contributed by atoms with Crippen LogP contribution in [0.5, 0.6) is 0 Å². The number of aromatic nitrogens is 2. The van der Waals surface area contributed by atoms with Gasteiger partial charge in [0.2, 0.25) is 0 Å². The summed E-state index contributed by atoms with van der Waals surface area (Å²) in [6.07, 6.45) is 5.15. The van der Waals surface area contributed by atoms with E-state index in [9.17, 15) is 0 Å². The van der Waals surface area contributed by atoms with E-state index >= 15 is 0 Å². The van der Waals surface area contributed by atoms with Gasteiger partial charge in [-0.15, -0.1) is 0 Å². The lowest BCUT2D eigenvalue weighted by atomic mass is 10.0. The monoisotopic (exact) mass is 205 g/mol. The average molecular weight is 205 g/mol. The van der Waals surface area contributed by atoms with Crippen LogP contribution in [0.15, 0.2) is 6.07 Å². The summed E-state index contributed by atoms with van der Waals surface area (Å²) in [4.78, 5) is 0. The Morgan fingerprint density at radius 1 is 1.40 bits per heavy atom. The van der Waals surface area contributed by atoms with Gasteiger partial charge in [0.25, 0.3) is 0 Å². The van der Waals surface area contributed by atoms with Gasteiger partial charge >= 0.3 is 0 Å². The molecule has 1 heterocycles. The summed E-state index contributed by atoms with van der Waals surface area (Å²) in [5.74, 6) is 0.951. The molecule has 3 nitrogen and oxygen atoms in total. The molecule has 0 aromatic carbocycles. The Bertz CT molecular complexity index is 345. The van der Waals surface area contributed by atoms with Crippen molar-refractivity contribution in [2.75, 3.05) is 0 Å². The maximum atomic E-state index is 6.17. The zero-order valence-corrected chi connectivity index (χ0v) is 9.53. The highest BCUT2D eigenvalue weighted by Gasteiger charge is 2.22. The minimum Gasteiger partial charge on any atom is -0.324 e. The summed E-state index contributed by atoms with van der Waals surface area (Å²) in [7, 11) is 0. The Labute approximate surface area is 91.1 Å². The number of nitrogens with zero attached hydrogens (tertiary/aromatic N) is 2. The molecule has 0 saturated heterocycles. The third-order valence-corrected chi connectivity index (χ3v) is 3.12. The summed E-state index contributed by atoms with van der Waals surface area (Å²) >= 11 is 0. The molecule has 1 aromatic rings. The number of hydrogen-bond donors (Lipinski definition) is 1. The van der Waals surface area contributed by atoms with E-state index in [1.165, 1.54) is 24.8 Å². The molecule has 0 radical (unpaired) electrons. The fraction of sp³-hybridized carbons (Fsp3) is 0.667. The van der Waals surface area contributed by atoms with E-state index in [2.05, 4.69) is 16.3 Å². The molecular formula is C12H19N3. The van der Waals surface area contributed by atoms with Crippen LogP contribution >= 0.6 is 0 Å². The summed E-state index contributed by atoms with van der Waals surface area (Å²) < 4.78 is 0. The first-order valence-corrected chi connectivity index (χ1v) is 5.73. The van der Waals surface area contributed by atoms with E-state index in [1.54, 1.807) is 0 Å². The van der Waals surface area contributed by atoms with Crippen LogP contribution in [0.1, 0.15) is 48.7 Å². The molecule has 1 aromatic heterocycles. The molecule has 82 valence electrons. The van der Waals surface area contributed by atoms with E-state index in [1.807, 2.05) is 13.8 Å². The van der Waals surface area contributed by atoms with Gasteiger partial charge in [0.1, 0.15) is 0 Å². The molecule has 2 rings (SSSR count). The van der Waals surface area contributed by atoms with Crippen LogP contribution in [0.3, 0.4) is 0 Å². The third kappa shape index (κ3) is 2.75. The molecule has 0 bridgehead atoms. The molecule has 1 aliphatic carbocycles. The van der Waals surface area contributed by atoms with Crippen molar-refractivity contribution in [1.29, 1.82) is 0 Å². The van der Waals surface area contributed by atoms with E-state index in [0.29, 0.717) is 0 Å². The molecule has 2 N–H and O–H groups in total. The van der Waals surface area contributed by atoms with Crippen molar-refractivity contribution in [1.82, 2.24) is 10.2 Å². The Hall–Kier alpha value is -0.960. The van der Waals surface area contributed by atoms with Crippen LogP contribution < -0.4 is 5.73 Å². The SMILES string of the molecule is Cc1cc(C(N)CCC2CC2)c(C)nn1. The summed E-state index contributed by atoms with van der Waals surface area (Å²) in [6, 6.07) is 2.21. The average Bonchev–Trinajstić information content (AvgIpc) is 3.02. The molecule has 1 aliphatic rings. The summed E-state index contributed by atoms with van der Waals surface area (Å²) in [6.45, 7) is 3.95. The Balaban J connectivity index is 2.02. The molecule has 3 heteroatoms. The minimum atomic E-state index is 0.139. The second-order valence-electron chi connectivity index (χ2n) is 4.65. The van der Waals surface area contributed by atoms with Crippen molar-refractivity contribution < 1.29 is 0 Å². The van der Waals surface area contributed by atoms with Crippen LogP contribution in [-0.4, -0.2) is 10.2 Å². The van der Waals surface area contributed by atoms with Crippen molar-refractivity contribution in [2.24, 2.45) is 11.7 Å². The zero-order valence-electron chi connectivity index (χ0n) is 9.53. The molecule has 0 amide bonds. The Morgan fingerprint density at radius 3 is 2.80 bits per heavy atom. The van der Waals surface area contributed by atoms with Crippen molar-refractivity contribution in [2.45, 2.75) is 45.6 Å². The molecule has 15 heavy (non-hydrogen) atoms. The van der Waals surface area contributed by atoms with Gasteiger partial charge < -0.3 is 5.73 Å². The number of hydrogen-bond acceptors (Lipinski definition) is 3. The number of rotatable bonds is 4. The van der Waals surface area contributed by atoms with Crippen LogP contribution in [0.4, 0.5) is 0 Å². The van der Waals surface area contributed by atoms with E-state index in [0.717, 1.165) is 23.7 Å². The summed E-state index contributed by atoms with van der Waals surface area (Å²) in [5.41, 5.74) is 9.27. The number of aryl methyl sites for hydroxylation is 2. The van der Waals surface area contributed by atoms with Crippen LogP contribution in [0.25, 0.3) is 0 Å². The predicted octanol–water partition coefficient (Wildman–Crippen LogP) is 2.28. The summed E-state index contributed by atoms with van der Waals surface area (Å²) in [5, 5.41) is 8.14. The minimum absolute atomic E-state index is 0.139. The first kappa shape index (κ1) is 10.6. The lowest BCUT2D eigenvalue weighted by molar-refractivity contribution is 0.569. The lowest BCUT2D eigenvalue weighted by Crippen LogP contribution is -2.13. The van der Waals surface area contributed by atoms with Crippen LogP contribution in [0, 0.1) is 19.8 Å². The van der Waals surface area contributed by atoms with Crippen LogP contribution in [0.2, 0.25) is 0 Å².